The van der Waals surface area contributed by atoms with Crippen molar-refractivity contribution in [3.05, 3.63) is 54.1 Å². The Bertz CT molecular complexity index is 774. The fourth-order valence-corrected chi connectivity index (χ4v) is 3.20. The number of benzene rings is 2. The summed E-state index contributed by atoms with van der Waals surface area (Å²) in [6.45, 7) is 0.709. The lowest BCUT2D eigenvalue weighted by atomic mass is 10.1. The lowest BCUT2D eigenvalue weighted by Crippen LogP contribution is -2.24. The van der Waals surface area contributed by atoms with Gasteiger partial charge in [-0.2, -0.15) is 0 Å². The Balaban J connectivity index is 1.57. The SMILES string of the molecule is COc1cc(NC(=O)CCCc2ccccc2)ccc1N1CCCC1=O. The van der Waals surface area contributed by atoms with Crippen LogP contribution in [0.15, 0.2) is 48.5 Å². The summed E-state index contributed by atoms with van der Waals surface area (Å²) in [7, 11) is 1.57. The van der Waals surface area contributed by atoms with Crippen molar-refractivity contribution in [1.82, 2.24) is 0 Å². The molecule has 2 amide bonds. The van der Waals surface area contributed by atoms with Gasteiger partial charge in [0.2, 0.25) is 11.8 Å². The Labute approximate surface area is 154 Å². The maximum atomic E-state index is 12.2. The quantitative estimate of drug-likeness (QED) is 0.825. The number of carbonyl (C=O) groups is 2. The number of hydrogen-bond donors (Lipinski definition) is 1. The molecular formula is C21H24N2O3. The zero-order valence-electron chi connectivity index (χ0n) is 15.0. The number of ether oxygens (including phenoxy) is 1. The molecule has 26 heavy (non-hydrogen) atoms. The minimum atomic E-state index is -0.0204. The summed E-state index contributed by atoms with van der Waals surface area (Å²) in [5.74, 6) is 0.691. The second-order valence-corrected chi connectivity index (χ2v) is 6.42. The van der Waals surface area contributed by atoms with E-state index in [9.17, 15) is 9.59 Å². The molecule has 0 radical (unpaired) electrons. The number of anilines is 2. The summed E-state index contributed by atoms with van der Waals surface area (Å²) in [6.07, 6.45) is 3.58. The molecule has 1 fully saturated rings. The highest BCUT2D eigenvalue weighted by Gasteiger charge is 2.24. The topological polar surface area (TPSA) is 58.6 Å². The molecule has 5 heteroatoms. The van der Waals surface area contributed by atoms with Crippen molar-refractivity contribution in [3.63, 3.8) is 0 Å². The summed E-state index contributed by atoms with van der Waals surface area (Å²) in [6, 6.07) is 15.6. The van der Waals surface area contributed by atoms with Crippen LogP contribution in [-0.2, 0) is 16.0 Å². The Morgan fingerprint density at radius 3 is 2.69 bits per heavy atom. The van der Waals surface area contributed by atoms with Crippen LogP contribution in [0.5, 0.6) is 5.75 Å². The zero-order chi connectivity index (χ0) is 18.4. The van der Waals surface area contributed by atoms with Gasteiger partial charge in [-0.1, -0.05) is 30.3 Å². The minimum Gasteiger partial charge on any atom is -0.494 e. The molecule has 0 saturated carbocycles. The van der Waals surface area contributed by atoms with Crippen LogP contribution in [-0.4, -0.2) is 25.5 Å². The van der Waals surface area contributed by atoms with Gasteiger partial charge in [0, 0.05) is 31.1 Å². The highest BCUT2D eigenvalue weighted by molar-refractivity contribution is 5.97. The third-order valence-corrected chi connectivity index (χ3v) is 4.54. The number of amides is 2. The average molecular weight is 352 g/mol. The molecule has 1 saturated heterocycles. The first-order chi connectivity index (χ1) is 12.7. The van der Waals surface area contributed by atoms with Gasteiger partial charge in [-0.05, 0) is 37.0 Å². The third-order valence-electron chi connectivity index (χ3n) is 4.54. The van der Waals surface area contributed by atoms with Crippen molar-refractivity contribution in [2.45, 2.75) is 32.1 Å². The van der Waals surface area contributed by atoms with Crippen molar-refractivity contribution in [2.75, 3.05) is 23.9 Å². The molecule has 0 unspecified atom stereocenters. The first-order valence-electron chi connectivity index (χ1n) is 8.99. The number of methoxy groups -OCH3 is 1. The standard InChI is InChI=1S/C21H24N2O3/c1-26-19-15-17(12-13-18(19)23-14-6-11-21(23)25)22-20(24)10-5-9-16-7-3-2-4-8-16/h2-4,7-8,12-13,15H,5-6,9-11,14H2,1H3,(H,22,24). The summed E-state index contributed by atoms with van der Waals surface area (Å²) in [5, 5.41) is 2.91. The molecule has 0 aliphatic carbocycles. The summed E-state index contributed by atoms with van der Waals surface area (Å²) < 4.78 is 5.42. The molecule has 5 nitrogen and oxygen atoms in total. The monoisotopic (exact) mass is 352 g/mol. The van der Waals surface area contributed by atoms with Gasteiger partial charge in [0.15, 0.2) is 0 Å². The predicted molar refractivity (Wildman–Crippen MR) is 103 cm³/mol. The van der Waals surface area contributed by atoms with E-state index in [1.165, 1.54) is 5.56 Å². The van der Waals surface area contributed by atoms with E-state index in [1.807, 2.05) is 30.3 Å². The molecule has 0 aromatic heterocycles. The van der Waals surface area contributed by atoms with Gasteiger partial charge in [0.1, 0.15) is 5.75 Å². The van der Waals surface area contributed by atoms with Crippen LogP contribution in [0.1, 0.15) is 31.2 Å². The van der Waals surface area contributed by atoms with E-state index in [1.54, 1.807) is 18.1 Å². The van der Waals surface area contributed by atoms with Crippen LogP contribution in [0.3, 0.4) is 0 Å². The first kappa shape index (κ1) is 18.0. The minimum absolute atomic E-state index is 0.0204. The van der Waals surface area contributed by atoms with E-state index in [-0.39, 0.29) is 11.8 Å². The van der Waals surface area contributed by atoms with Crippen molar-refractivity contribution in [1.29, 1.82) is 0 Å². The molecule has 1 aliphatic heterocycles. The van der Waals surface area contributed by atoms with Crippen LogP contribution < -0.4 is 15.0 Å². The Kier molecular flexibility index (Phi) is 5.89. The van der Waals surface area contributed by atoms with Crippen molar-refractivity contribution in [3.8, 4) is 5.75 Å². The number of rotatable bonds is 7. The van der Waals surface area contributed by atoms with Gasteiger partial charge in [0.05, 0.1) is 12.8 Å². The van der Waals surface area contributed by atoms with Gasteiger partial charge in [0.25, 0.3) is 0 Å². The summed E-state index contributed by atoms with van der Waals surface area (Å²) >= 11 is 0. The fraction of sp³-hybridized carbons (Fsp3) is 0.333. The Morgan fingerprint density at radius 2 is 2.00 bits per heavy atom. The summed E-state index contributed by atoms with van der Waals surface area (Å²) in [4.78, 5) is 25.9. The molecular weight excluding hydrogens is 328 g/mol. The molecule has 1 aliphatic rings. The molecule has 1 N–H and O–H groups in total. The lowest BCUT2D eigenvalue weighted by Gasteiger charge is -2.19. The third kappa shape index (κ3) is 4.42. The van der Waals surface area contributed by atoms with Crippen molar-refractivity contribution >= 4 is 23.2 Å². The van der Waals surface area contributed by atoms with E-state index < -0.39 is 0 Å². The number of nitrogens with zero attached hydrogens (tertiary/aromatic N) is 1. The Hall–Kier alpha value is -2.82. The lowest BCUT2D eigenvalue weighted by molar-refractivity contribution is -0.117. The van der Waals surface area contributed by atoms with E-state index in [0.717, 1.165) is 24.9 Å². The summed E-state index contributed by atoms with van der Waals surface area (Å²) in [5.41, 5.74) is 2.68. The highest BCUT2D eigenvalue weighted by atomic mass is 16.5. The molecule has 2 aromatic carbocycles. The van der Waals surface area contributed by atoms with Gasteiger partial charge < -0.3 is 15.0 Å². The maximum Gasteiger partial charge on any atom is 0.227 e. The van der Waals surface area contributed by atoms with Crippen LogP contribution in [0.2, 0.25) is 0 Å². The number of carbonyl (C=O) groups excluding carboxylic acids is 2. The zero-order valence-corrected chi connectivity index (χ0v) is 15.0. The van der Waals surface area contributed by atoms with Gasteiger partial charge in [-0.25, -0.2) is 0 Å². The number of hydrogen-bond acceptors (Lipinski definition) is 3. The van der Waals surface area contributed by atoms with Crippen molar-refractivity contribution < 1.29 is 14.3 Å². The molecule has 2 aromatic rings. The molecule has 3 rings (SSSR count). The molecule has 0 spiro atoms. The Morgan fingerprint density at radius 1 is 1.19 bits per heavy atom. The molecule has 1 heterocycles. The van der Waals surface area contributed by atoms with Gasteiger partial charge in [-0.3, -0.25) is 9.59 Å². The van der Waals surface area contributed by atoms with E-state index >= 15 is 0 Å². The highest BCUT2D eigenvalue weighted by Crippen LogP contribution is 2.33. The molecule has 0 atom stereocenters. The van der Waals surface area contributed by atoms with Crippen LogP contribution in [0, 0.1) is 0 Å². The normalized spacial score (nSPS) is 13.7. The smallest absolute Gasteiger partial charge is 0.227 e. The number of nitrogens with one attached hydrogen (secondary N) is 1. The average Bonchev–Trinajstić information content (AvgIpc) is 3.08. The van der Waals surface area contributed by atoms with Crippen molar-refractivity contribution in [2.24, 2.45) is 0 Å². The van der Waals surface area contributed by atoms with E-state index in [4.69, 9.17) is 4.74 Å². The van der Waals surface area contributed by atoms with E-state index in [2.05, 4.69) is 17.4 Å². The maximum absolute atomic E-state index is 12.2. The second kappa shape index (κ2) is 8.52. The largest absolute Gasteiger partial charge is 0.494 e. The van der Waals surface area contributed by atoms with Crippen LogP contribution >= 0.6 is 0 Å². The van der Waals surface area contributed by atoms with Gasteiger partial charge >= 0.3 is 0 Å². The molecule has 0 bridgehead atoms. The predicted octanol–water partition coefficient (Wildman–Crippen LogP) is 3.78. The van der Waals surface area contributed by atoms with Crippen LogP contribution in [0.25, 0.3) is 0 Å². The fourth-order valence-electron chi connectivity index (χ4n) is 3.20. The number of aryl methyl sites for hydroxylation is 1. The van der Waals surface area contributed by atoms with Crippen LogP contribution in [0.4, 0.5) is 11.4 Å². The first-order valence-corrected chi connectivity index (χ1v) is 8.99. The van der Waals surface area contributed by atoms with E-state index in [0.29, 0.717) is 30.8 Å². The second-order valence-electron chi connectivity index (χ2n) is 6.42. The molecule has 136 valence electrons. The van der Waals surface area contributed by atoms with Gasteiger partial charge in [-0.15, -0.1) is 0 Å².